The molecule has 2 fully saturated rings. The van der Waals surface area contributed by atoms with Crippen molar-refractivity contribution in [3.8, 4) is 0 Å². The van der Waals surface area contributed by atoms with E-state index in [0.29, 0.717) is 24.5 Å². The lowest BCUT2D eigenvalue weighted by Gasteiger charge is -2.37. The normalized spacial score (nSPS) is 21.3. The Bertz CT molecular complexity index is 918. The van der Waals surface area contributed by atoms with Crippen LogP contribution in [-0.2, 0) is 6.18 Å². The van der Waals surface area contributed by atoms with Gasteiger partial charge >= 0.3 is 6.18 Å². The van der Waals surface area contributed by atoms with E-state index in [1.807, 2.05) is 9.80 Å². The SMILES string of the molecule is O=C(NO)c1ccc(N2CC3CC2CN3c2cccc(C(F)(F)F)c2)cc1F. The van der Waals surface area contributed by atoms with E-state index in [9.17, 15) is 22.4 Å². The number of alkyl halides is 3. The van der Waals surface area contributed by atoms with E-state index in [1.54, 1.807) is 12.1 Å². The molecule has 0 aromatic heterocycles. The molecule has 2 atom stereocenters. The molecule has 9 heteroatoms. The van der Waals surface area contributed by atoms with Crippen molar-refractivity contribution in [3.63, 3.8) is 0 Å². The molecular weight excluding hydrogens is 378 g/mol. The van der Waals surface area contributed by atoms with Crippen LogP contribution in [-0.4, -0.2) is 36.3 Å². The molecule has 1 amide bonds. The van der Waals surface area contributed by atoms with Gasteiger partial charge in [-0.2, -0.15) is 13.2 Å². The van der Waals surface area contributed by atoms with Crippen LogP contribution in [0.2, 0.25) is 0 Å². The number of hydrogen-bond donors (Lipinski definition) is 2. The molecule has 2 aliphatic heterocycles. The number of piperazine rings is 1. The molecule has 2 aromatic rings. The van der Waals surface area contributed by atoms with Crippen molar-refractivity contribution in [3.05, 3.63) is 59.4 Å². The van der Waals surface area contributed by atoms with Crippen molar-refractivity contribution in [2.75, 3.05) is 22.9 Å². The second kappa shape index (κ2) is 6.66. The van der Waals surface area contributed by atoms with Crippen molar-refractivity contribution >= 4 is 17.3 Å². The van der Waals surface area contributed by atoms with Crippen LogP contribution >= 0.6 is 0 Å². The van der Waals surface area contributed by atoms with Gasteiger partial charge in [0.2, 0.25) is 0 Å². The fourth-order valence-corrected chi connectivity index (χ4v) is 4.09. The molecule has 28 heavy (non-hydrogen) atoms. The third kappa shape index (κ3) is 3.15. The molecule has 148 valence electrons. The number of carbonyl (C=O) groups excluding carboxylic acids is 1. The molecule has 4 rings (SSSR count). The maximum absolute atomic E-state index is 14.2. The van der Waals surface area contributed by atoms with Gasteiger partial charge in [-0.05, 0) is 42.8 Å². The largest absolute Gasteiger partial charge is 0.416 e. The number of fused-ring (bicyclic) bond motifs is 2. The average molecular weight is 395 g/mol. The number of nitrogens with zero attached hydrogens (tertiary/aromatic N) is 2. The summed E-state index contributed by atoms with van der Waals surface area (Å²) in [5, 5.41) is 8.63. The third-order valence-corrected chi connectivity index (χ3v) is 5.38. The highest BCUT2D eigenvalue weighted by molar-refractivity contribution is 5.94. The fourth-order valence-electron chi connectivity index (χ4n) is 4.09. The second-order valence-corrected chi connectivity index (χ2v) is 7.00. The molecule has 2 saturated heterocycles. The minimum absolute atomic E-state index is 0.0250. The van der Waals surface area contributed by atoms with Gasteiger partial charge in [0, 0.05) is 36.5 Å². The lowest BCUT2D eigenvalue weighted by molar-refractivity contribution is -0.137. The number of carbonyl (C=O) groups is 1. The van der Waals surface area contributed by atoms with Crippen LogP contribution in [0.5, 0.6) is 0 Å². The quantitative estimate of drug-likeness (QED) is 0.475. The molecule has 2 unspecified atom stereocenters. The zero-order chi connectivity index (χ0) is 20.1. The summed E-state index contributed by atoms with van der Waals surface area (Å²) in [6.45, 7) is 1.08. The van der Waals surface area contributed by atoms with E-state index >= 15 is 0 Å². The van der Waals surface area contributed by atoms with Crippen molar-refractivity contribution in [1.29, 1.82) is 0 Å². The first-order valence-corrected chi connectivity index (χ1v) is 8.72. The van der Waals surface area contributed by atoms with Crippen LogP contribution in [0.4, 0.5) is 28.9 Å². The first kappa shape index (κ1) is 18.5. The van der Waals surface area contributed by atoms with Crippen LogP contribution < -0.4 is 15.3 Å². The van der Waals surface area contributed by atoms with Gasteiger partial charge in [0.25, 0.3) is 5.91 Å². The Morgan fingerprint density at radius 3 is 2.21 bits per heavy atom. The molecule has 0 saturated carbocycles. The summed E-state index contributed by atoms with van der Waals surface area (Å²) in [6, 6.07) is 9.48. The molecular formula is C19H17F4N3O2. The Balaban J connectivity index is 1.52. The number of amides is 1. The van der Waals surface area contributed by atoms with E-state index in [4.69, 9.17) is 5.21 Å². The van der Waals surface area contributed by atoms with Crippen LogP contribution in [0, 0.1) is 5.82 Å². The molecule has 2 N–H and O–H groups in total. The molecule has 0 aliphatic carbocycles. The third-order valence-electron chi connectivity index (χ3n) is 5.38. The van der Waals surface area contributed by atoms with Crippen molar-refractivity contribution in [1.82, 2.24) is 5.48 Å². The molecule has 0 radical (unpaired) electrons. The maximum Gasteiger partial charge on any atom is 0.416 e. The lowest BCUT2D eigenvalue weighted by Crippen LogP contribution is -2.46. The summed E-state index contributed by atoms with van der Waals surface area (Å²) in [5.41, 5.74) is 1.59. The topological polar surface area (TPSA) is 55.8 Å². The van der Waals surface area contributed by atoms with E-state index < -0.39 is 23.5 Å². The summed E-state index contributed by atoms with van der Waals surface area (Å²) in [6.07, 6.45) is -3.63. The van der Waals surface area contributed by atoms with E-state index in [-0.39, 0.29) is 17.6 Å². The van der Waals surface area contributed by atoms with E-state index in [0.717, 1.165) is 18.6 Å². The van der Waals surface area contributed by atoms with Crippen LogP contribution in [0.15, 0.2) is 42.5 Å². The summed E-state index contributed by atoms with van der Waals surface area (Å²) in [4.78, 5) is 15.3. The van der Waals surface area contributed by atoms with Gasteiger partial charge in [-0.3, -0.25) is 10.0 Å². The Labute approximate surface area is 158 Å². The minimum Gasteiger partial charge on any atom is -0.365 e. The highest BCUT2D eigenvalue weighted by Crippen LogP contribution is 2.39. The van der Waals surface area contributed by atoms with E-state index in [1.165, 1.54) is 23.7 Å². The number of hydroxylamine groups is 1. The number of anilines is 2. The summed E-state index contributed by atoms with van der Waals surface area (Å²) in [7, 11) is 0. The van der Waals surface area contributed by atoms with Gasteiger partial charge in [-0.15, -0.1) is 0 Å². The van der Waals surface area contributed by atoms with Crippen LogP contribution in [0.1, 0.15) is 22.3 Å². The Morgan fingerprint density at radius 1 is 1.04 bits per heavy atom. The van der Waals surface area contributed by atoms with Gasteiger partial charge in [0.1, 0.15) is 5.82 Å². The average Bonchev–Trinajstić information content (AvgIpc) is 3.27. The second-order valence-electron chi connectivity index (χ2n) is 7.00. The smallest absolute Gasteiger partial charge is 0.365 e. The number of nitrogens with one attached hydrogen (secondary N) is 1. The maximum atomic E-state index is 14.2. The predicted octanol–water partition coefficient (Wildman–Crippen LogP) is 3.43. The molecule has 2 aromatic carbocycles. The van der Waals surface area contributed by atoms with Gasteiger partial charge in [-0.25, -0.2) is 9.87 Å². The van der Waals surface area contributed by atoms with Gasteiger partial charge < -0.3 is 9.80 Å². The monoisotopic (exact) mass is 395 g/mol. The van der Waals surface area contributed by atoms with Crippen molar-refractivity contribution < 1.29 is 27.6 Å². The predicted molar refractivity (Wildman–Crippen MR) is 94.0 cm³/mol. The highest BCUT2D eigenvalue weighted by atomic mass is 19.4. The standard InChI is InChI=1S/C19H17F4N3O2/c20-17-8-13(4-5-16(17)18(27)24-28)26-10-14-7-15(26)9-25(14)12-3-1-2-11(6-12)19(21,22)23/h1-6,8,14-15,28H,7,9-10H2,(H,24,27). The fraction of sp³-hybridized carbons (Fsp3) is 0.316. The number of benzene rings is 2. The first-order chi connectivity index (χ1) is 13.3. The molecule has 2 aliphatic rings. The zero-order valence-electron chi connectivity index (χ0n) is 14.6. The van der Waals surface area contributed by atoms with Crippen molar-refractivity contribution in [2.24, 2.45) is 0 Å². The zero-order valence-corrected chi connectivity index (χ0v) is 14.6. The number of halogens is 4. The summed E-state index contributed by atoms with van der Waals surface area (Å²) >= 11 is 0. The van der Waals surface area contributed by atoms with Gasteiger partial charge in [0.15, 0.2) is 0 Å². The van der Waals surface area contributed by atoms with Crippen LogP contribution in [0.25, 0.3) is 0 Å². The minimum atomic E-state index is -4.39. The lowest BCUT2D eigenvalue weighted by atomic mass is 10.1. The van der Waals surface area contributed by atoms with Crippen molar-refractivity contribution in [2.45, 2.75) is 24.7 Å². The molecule has 2 heterocycles. The summed E-state index contributed by atoms with van der Waals surface area (Å²) < 4.78 is 53.1. The molecule has 2 bridgehead atoms. The van der Waals surface area contributed by atoms with Crippen LogP contribution in [0.3, 0.4) is 0 Å². The first-order valence-electron chi connectivity index (χ1n) is 8.72. The van der Waals surface area contributed by atoms with E-state index in [2.05, 4.69) is 0 Å². The Morgan fingerprint density at radius 2 is 1.68 bits per heavy atom. The molecule has 0 spiro atoms. The Hall–Kier alpha value is -2.81. The Kier molecular flexibility index (Phi) is 4.41. The number of hydrogen-bond acceptors (Lipinski definition) is 4. The van der Waals surface area contributed by atoms with Gasteiger partial charge in [0.05, 0.1) is 11.1 Å². The summed E-state index contributed by atoms with van der Waals surface area (Å²) in [5.74, 6) is -1.68. The van der Waals surface area contributed by atoms with Gasteiger partial charge in [-0.1, -0.05) is 6.07 Å². The molecule has 5 nitrogen and oxygen atoms in total. The number of rotatable bonds is 3. The highest BCUT2D eigenvalue weighted by Gasteiger charge is 2.44.